The first-order valence-electron chi connectivity index (χ1n) is 3.22. The Morgan fingerprint density at radius 1 is 1.60 bits per heavy atom. The number of nitrogens with one attached hydrogen (secondary N) is 1. The van der Waals surface area contributed by atoms with Gasteiger partial charge in [0.15, 0.2) is 0 Å². The predicted octanol–water partition coefficient (Wildman–Crippen LogP) is 1.32. The highest BCUT2D eigenvalue weighted by molar-refractivity contribution is 5.64. The zero-order valence-electron chi connectivity index (χ0n) is 5.46. The number of hydrogen-bond acceptors (Lipinski definition) is 2. The normalized spacial score (nSPS) is 14.0. The van der Waals surface area contributed by atoms with Crippen molar-refractivity contribution in [3.05, 3.63) is 30.0 Å². The van der Waals surface area contributed by atoms with Crippen molar-refractivity contribution in [2.75, 3.05) is 11.9 Å². The number of fused-ring (bicyclic) bond motifs is 1. The van der Waals surface area contributed by atoms with Gasteiger partial charge in [0.1, 0.15) is 5.82 Å². The summed E-state index contributed by atoms with van der Waals surface area (Å²) in [5, 5.41) is 3.11. The van der Waals surface area contributed by atoms with Gasteiger partial charge in [0.2, 0.25) is 0 Å². The first kappa shape index (κ1) is 5.47. The highest BCUT2D eigenvalue weighted by Crippen LogP contribution is 2.15. The van der Waals surface area contributed by atoms with Gasteiger partial charge >= 0.3 is 0 Å². The van der Waals surface area contributed by atoms with E-state index in [-0.39, 0.29) is 0 Å². The molecule has 0 bridgehead atoms. The Hall–Kier alpha value is -1.31. The summed E-state index contributed by atoms with van der Waals surface area (Å²) in [5.74, 6) is 0.959. The molecule has 1 aliphatic heterocycles. The Morgan fingerprint density at radius 3 is 3.50 bits per heavy atom. The molecule has 2 heterocycles. The lowest BCUT2D eigenvalue weighted by molar-refractivity contribution is 1.19. The van der Waals surface area contributed by atoms with Crippen LogP contribution in [0, 0.1) is 6.08 Å². The Morgan fingerprint density at radius 2 is 2.60 bits per heavy atom. The summed E-state index contributed by atoms with van der Waals surface area (Å²) in [7, 11) is 0. The molecule has 0 aliphatic carbocycles. The van der Waals surface area contributed by atoms with Gasteiger partial charge in [-0.25, -0.2) is 4.98 Å². The minimum Gasteiger partial charge on any atom is -0.365 e. The summed E-state index contributed by atoms with van der Waals surface area (Å²) in [5.41, 5.74) is 1.12. The van der Waals surface area contributed by atoms with Gasteiger partial charge in [-0.15, -0.1) is 0 Å². The van der Waals surface area contributed by atoms with Gasteiger partial charge in [-0.3, -0.25) is 0 Å². The lowest BCUT2D eigenvalue weighted by Crippen LogP contribution is -2.05. The predicted molar refractivity (Wildman–Crippen MR) is 40.4 cm³/mol. The standard InChI is InChI=1S/C8H7N2/c1-3-7-4-2-6-10-8(7)9-5-1/h1,3-5H,6H2,(H,9,10). The van der Waals surface area contributed by atoms with Crippen molar-refractivity contribution in [1.29, 1.82) is 0 Å². The fourth-order valence-electron chi connectivity index (χ4n) is 0.978. The molecule has 0 fully saturated rings. The first-order valence-corrected chi connectivity index (χ1v) is 3.22. The van der Waals surface area contributed by atoms with Gasteiger partial charge in [0.05, 0.1) is 0 Å². The van der Waals surface area contributed by atoms with Crippen LogP contribution in [0.3, 0.4) is 0 Å². The summed E-state index contributed by atoms with van der Waals surface area (Å²) in [4.78, 5) is 4.14. The minimum absolute atomic E-state index is 0.768. The first-order chi connectivity index (χ1) is 4.97. The van der Waals surface area contributed by atoms with Gasteiger partial charge in [0, 0.05) is 18.3 Å². The molecule has 1 N–H and O–H groups in total. The third-order valence-corrected chi connectivity index (χ3v) is 1.45. The van der Waals surface area contributed by atoms with Crippen molar-refractivity contribution in [1.82, 2.24) is 4.98 Å². The summed E-state index contributed by atoms with van der Waals surface area (Å²) < 4.78 is 0. The number of nitrogens with zero attached hydrogens (tertiary/aromatic N) is 1. The van der Waals surface area contributed by atoms with Crippen molar-refractivity contribution in [2.45, 2.75) is 0 Å². The molecule has 49 valence electrons. The molecule has 0 saturated carbocycles. The average Bonchev–Trinajstić information content (AvgIpc) is 2.05. The number of aromatic nitrogens is 1. The van der Waals surface area contributed by atoms with Crippen molar-refractivity contribution >= 4 is 11.9 Å². The highest BCUT2D eigenvalue weighted by Gasteiger charge is 2.01. The second-order valence-electron chi connectivity index (χ2n) is 2.14. The monoisotopic (exact) mass is 131 g/mol. The Balaban J connectivity index is 2.54. The van der Waals surface area contributed by atoms with Gasteiger partial charge in [-0.05, 0) is 24.3 Å². The van der Waals surface area contributed by atoms with Gasteiger partial charge < -0.3 is 5.32 Å². The molecular formula is C8H7N2. The molecule has 1 aromatic rings. The molecule has 1 aliphatic rings. The number of pyridine rings is 1. The zero-order chi connectivity index (χ0) is 6.81. The largest absolute Gasteiger partial charge is 0.365 e. The second kappa shape index (κ2) is 2.14. The fraction of sp³-hybridized carbons (Fsp3) is 0.125. The Kier molecular flexibility index (Phi) is 1.17. The molecular weight excluding hydrogens is 124 g/mol. The molecule has 1 aromatic heterocycles. The van der Waals surface area contributed by atoms with E-state index in [1.54, 1.807) is 6.20 Å². The van der Waals surface area contributed by atoms with E-state index in [0.717, 1.165) is 17.9 Å². The van der Waals surface area contributed by atoms with Crippen LogP contribution in [0.4, 0.5) is 5.82 Å². The molecule has 0 atom stereocenters. The maximum Gasteiger partial charge on any atom is 0.133 e. The summed E-state index contributed by atoms with van der Waals surface area (Å²) in [6, 6.07) is 3.94. The van der Waals surface area contributed by atoms with Crippen LogP contribution >= 0.6 is 0 Å². The molecule has 2 rings (SSSR count). The molecule has 0 unspecified atom stereocenters. The summed E-state index contributed by atoms with van der Waals surface area (Å²) in [6.07, 6.45) is 6.80. The fourth-order valence-corrected chi connectivity index (χ4v) is 0.978. The third kappa shape index (κ3) is 0.778. The van der Waals surface area contributed by atoms with E-state index >= 15 is 0 Å². The zero-order valence-corrected chi connectivity index (χ0v) is 5.46. The maximum absolute atomic E-state index is 4.14. The third-order valence-electron chi connectivity index (χ3n) is 1.45. The van der Waals surface area contributed by atoms with E-state index in [1.165, 1.54) is 0 Å². The summed E-state index contributed by atoms with van der Waals surface area (Å²) in [6.45, 7) is 0.768. The number of anilines is 1. The van der Waals surface area contributed by atoms with Crippen molar-refractivity contribution in [3.63, 3.8) is 0 Å². The molecule has 0 saturated heterocycles. The molecule has 2 nitrogen and oxygen atoms in total. The Labute approximate surface area is 59.6 Å². The van der Waals surface area contributed by atoms with Crippen LogP contribution < -0.4 is 5.32 Å². The van der Waals surface area contributed by atoms with E-state index < -0.39 is 0 Å². The molecule has 2 heteroatoms. The van der Waals surface area contributed by atoms with Gasteiger partial charge in [0.25, 0.3) is 0 Å². The van der Waals surface area contributed by atoms with Crippen molar-refractivity contribution < 1.29 is 0 Å². The minimum atomic E-state index is 0.768. The van der Waals surface area contributed by atoms with E-state index in [4.69, 9.17) is 0 Å². The van der Waals surface area contributed by atoms with Crippen molar-refractivity contribution in [2.24, 2.45) is 0 Å². The van der Waals surface area contributed by atoms with Crippen LogP contribution in [-0.2, 0) is 0 Å². The van der Waals surface area contributed by atoms with E-state index in [9.17, 15) is 0 Å². The van der Waals surface area contributed by atoms with Crippen LogP contribution in [0.2, 0.25) is 0 Å². The van der Waals surface area contributed by atoms with Crippen LogP contribution in [0.25, 0.3) is 6.08 Å². The Bertz CT molecular complexity index is 266. The second-order valence-corrected chi connectivity index (χ2v) is 2.14. The molecule has 0 aromatic carbocycles. The van der Waals surface area contributed by atoms with Gasteiger partial charge in [-0.2, -0.15) is 0 Å². The SMILES string of the molecule is [C]1=Cc2cccnc2NC1. The average molecular weight is 131 g/mol. The van der Waals surface area contributed by atoms with Crippen LogP contribution in [0.15, 0.2) is 18.3 Å². The van der Waals surface area contributed by atoms with Crippen LogP contribution in [0.5, 0.6) is 0 Å². The maximum atomic E-state index is 4.14. The lowest BCUT2D eigenvalue weighted by atomic mass is 10.2. The van der Waals surface area contributed by atoms with E-state index in [0.29, 0.717) is 0 Å². The van der Waals surface area contributed by atoms with E-state index in [1.807, 2.05) is 18.2 Å². The quantitative estimate of drug-likeness (QED) is 0.574. The molecule has 1 radical (unpaired) electrons. The smallest absolute Gasteiger partial charge is 0.133 e. The molecule has 0 spiro atoms. The number of hydrogen-bond donors (Lipinski definition) is 1. The van der Waals surface area contributed by atoms with E-state index in [2.05, 4.69) is 16.4 Å². The van der Waals surface area contributed by atoms with Crippen LogP contribution in [0.1, 0.15) is 5.56 Å². The lowest BCUT2D eigenvalue weighted by Gasteiger charge is -2.09. The summed E-state index contributed by atoms with van der Waals surface area (Å²) >= 11 is 0. The van der Waals surface area contributed by atoms with Crippen LogP contribution in [-0.4, -0.2) is 11.5 Å². The van der Waals surface area contributed by atoms with Gasteiger partial charge in [-0.1, -0.05) is 0 Å². The molecule has 0 amide bonds. The molecule has 10 heavy (non-hydrogen) atoms. The highest BCUT2D eigenvalue weighted by atomic mass is 15.0. The number of rotatable bonds is 0. The van der Waals surface area contributed by atoms with Crippen molar-refractivity contribution in [3.8, 4) is 0 Å². The topological polar surface area (TPSA) is 24.9 Å².